The lowest BCUT2D eigenvalue weighted by atomic mass is 9.77. The topological polar surface area (TPSA) is 58.4 Å². The van der Waals surface area contributed by atoms with Gasteiger partial charge in [0.25, 0.3) is 0 Å². The Hall–Kier alpha value is -1.39. The molecule has 4 heteroatoms. The first kappa shape index (κ1) is 18.0. The van der Waals surface area contributed by atoms with Crippen molar-refractivity contribution in [3.8, 4) is 0 Å². The van der Waals surface area contributed by atoms with Crippen LogP contribution in [-0.2, 0) is 4.79 Å². The van der Waals surface area contributed by atoms with Gasteiger partial charge in [-0.05, 0) is 63.8 Å². The summed E-state index contributed by atoms with van der Waals surface area (Å²) in [5, 5.41) is 3.39. The molecule has 23 heavy (non-hydrogen) atoms. The molecular formula is C19H31N3O. The monoisotopic (exact) mass is 317 g/mol. The minimum absolute atomic E-state index is 0.219. The highest BCUT2D eigenvalue weighted by Gasteiger charge is 2.45. The molecule has 0 bridgehead atoms. The number of nitrogens with two attached hydrogens (primary N) is 1. The van der Waals surface area contributed by atoms with Crippen LogP contribution in [0.4, 0.5) is 0 Å². The van der Waals surface area contributed by atoms with Crippen LogP contribution in [-0.4, -0.2) is 35.5 Å². The Morgan fingerprint density at radius 3 is 2.48 bits per heavy atom. The van der Waals surface area contributed by atoms with E-state index in [1.807, 2.05) is 6.92 Å². The second kappa shape index (κ2) is 7.02. The Kier molecular flexibility index (Phi) is 5.48. The summed E-state index contributed by atoms with van der Waals surface area (Å²) in [6.45, 7) is 12.4. The molecular weight excluding hydrogens is 286 g/mol. The maximum atomic E-state index is 12.2. The van der Waals surface area contributed by atoms with E-state index in [2.05, 4.69) is 56.1 Å². The molecule has 128 valence electrons. The molecule has 1 aromatic carbocycles. The van der Waals surface area contributed by atoms with Gasteiger partial charge in [-0.1, -0.05) is 25.1 Å². The highest BCUT2D eigenvalue weighted by atomic mass is 16.1. The summed E-state index contributed by atoms with van der Waals surface area (Å²) < 4.78 is 0. The van der Waals surface area contributed by atoms with E-state index < -0.39 is 5.54 Å². The first-order chi connectivity index (χ1) is 10.8. The third-order valence-electron chi connectivity index (χ3n) is 5.26. The minimum atomic E-state index is -0.598. The van der Waals surface area contributed by atoms with Gasteiger partial charge in [-0.15, -0.1) is 0 Å². The van der Waals surface area contributed by atoms with Crippen LogP contribution in [0.1, 0.15) is 56.3 Å². The number of carbonyl (C=O) groups excluding carboxylic acids is 1. The SMILES string of the molecule is CCNC1(C(N)=O)CCN(C(C)C)C(c2c(C)cccc2C)C1. The fourth-order valence-corrected chi connectivity index (χ4v) is 4.07. The van der Waals surface area contributed by atoms with E-state index in [1.165, 1.54) is 16.7 Å². The lowest BCUT2D eigenvalue weighted by Crippen LogP contribution is -2.62. The number of nitrogens with zero attached hydrogens (tertiary/aromatic N) is 1. The number of benzene rings is 1. The van der Waals surface area contributed by atoms with Crippen molar-refractivity contribution >= 4 is 5.91 Å². The molecule has 0 spiro atoms. The molecule has 4 nitrogen and oxygen atoms in total. The fraction of sp³-hybridized carbons (Fsp3) is 0.632. The largest absolute Gasteiger partial charge is 0.368 e. The van der Waals surface area contributed by atoms with E-state index in [0.29, 0.717) is 6.04 Å². The van der Waals surface area contributed by atoms with Gasteiger partial charge in [0.1, 0.15) is 5.54 Å². The van der Waals surface area contributed by atoms with Gasteiger partial charge in [-0.25, -0.2) is 0 Å². The van der Waals surface area contributed by atoms with Gasteiger partial charge >= 0.3 is 0 Å². The number of hydrogen-bond donors (Lipinski definition) is 2. The lowest BCUT2D eigenvalue weighted by molar-refractivity contribution is -0.128. The van der Waals surface area contributed by atoms with E-state index in [1.54, 1.807) is 0 Å². The number of carbonyl (C=O) groups is 1. The predicted molar refractivity (Wildman–Crippen MR) is 95.3 cm³/mol. The Morgan fingerprint density at radius 2 is 2.00 bits per heavy atom. The quantitative estimate of drug-likeness (QED) is 0.878. The Morgan fingerprint density at radius 1 is 1.39 bits per heavy atom. The maximum Gasteiger partial charge on any atom is 0.237 e. The fourth-order valence-electron chi connectivity index (χ4n) is 4.07. The molecule has 1 aliphatic rings. The van der Waals surface area contributed by atoms with Gasteiger partial charge in [0, 0.05) is 18.6 Å². The number of likely N-dealkylation sites (N-methyl/N-ethyl adjacent to an activating group) is 1. The predicted octanol–water partition coefficient (Wildman–Crippen LogP) is 2.68. The Balaban J connectivity index is 2.48. The number of amides is 1. The first-order valence-electron chi connectivity index (χ1n) is 8.69. The van der Waals surface area contributed by atoms with Gasteiger partial charge in [0.15, 0.2) is 0 Å². The van der Waals surface area contributed by atoms with Crippen LogP contribution in [0.15, 0.2) is 18.2 Å². The summed E-state index contributed by atoms with van der Waals surface area (Å²) >= 11 is 0. The van der Waals surface area contributed by atoms with Gasteiger partial charge in [-0.2, -0.15) is 0 Å². The molecule has 1 fully saturated rings. The molecule has 3 N–H and O–H groups in total. The van der Waals surface area contributed by atoms with Crippen molar-refractivity contribution in [2.75, 3.05) is 13.1 Å². The van der Waals surface area contributed by atoms with E-state index in [0.717, 1.165) is 25.9 Å². The number of rotatable bonds is 5. The molecule has 2 rings (SSSR count). The van der Waals surface area contributed by atoms with Crippen molar-refractivity contribution in [1.82, 2.24) is 10.2 Å². The zero-order chi connectivity index (χ0) is 17.2. The smallest absolute Gasteiger partial charge is 0.237 e. The third kappa shape index (κ3) is 3.43. The van der Waals surface area contributed by atoms with Crippen LogP contribution >= 0.6 is 0 Å². The molecule has 0 radical (unpaired) electrons. The van der Waals surface area contributed by atoms with Gasteiger partial charge < -0.3 is 11.1 Å². The molecule has 1 amide bonds. The van der Waals surface area contributed by atoms with Crippen LogP contribution in [0.3, 0.4) is 0 Å². The number of aryl methyl sites for hydroxylation is 2. The molecule has 0 aliphatic carbocycles. The number of piperidine rings is 1. The standard InChI is InChI=1S/C19H31N3O/c1-6-21-19(18(20)23)10-11-22(13(2)3)16(12-19)17-14(4)8-7-9-15(17)5/h7-9,13,16,21H,6,10-12H2,1-5H3,(H2,20,23). The van der Waals surface area contributed by atoms with Crippen molar-refractivity contribution in [2.24, 2.45) is 5.73 Å². The first-order valence-corrected chi connectivity index (χ1v) is 8.69. The van der Waals surface area contributed by atoms with Crippen LogP contribution in [0.5, 0.6) is 0 Å². The summed E-state index contributed by atoms with van der Waals surface area (Å²) in [5.74, 6) is -0.223. The Labute approximate surface area is 140 Å². The summed E-state index contributed by atoms with van der Waals surface area (Å²) in [4.78, 5) is 14.7. The van der Waals surface area contributed by atoms with E-state index >= 15 is 0 Å². The minimum Gasteiger partial charge on any atom is -0.368 e. The lowest BCUT2D eigenvalue weighted by Gasteiger charge is -2.48. The highest BCUT2D eigenvalue weighted by Crippen LogP contribution is 2.40. The third-order valence-corrected chi connectivity index (χ3v) is 5.26. The number of nitrogens with one attached hydrogen (secondary N) is 1. The van der Waals surface area contributed by atoms with Crippen LogP contribution in [0.25, 0.3) is 0 Å². The van der Waals surface area contributed by atoms with E-state index in [4.69, 9.17) is 5.73 Å². The molecule has 1 heterocycles. The summed E-state index contributed by atoms with van der Waals surface area (Å²) in [5.41, 5.74) is 9.14. The number of likely N-dealkylation sites (tertiary alicyclic amines) is 1. The number of primary amides is 1. The zero-order valence-electron chi connectivity index (χ0n) is 15.1. The van der Waals surface area contributed by atoms with Gasteiger partial charge in [0.2, 0.25) is 5.91 Å². The van der Waals surface area contributed by atoms with Crippen molar-refractivity contribution in [3.63, 3.8) is 0 Å². The molecule has 1 saturated heterocycles. The molecule has 0 saturated carbocycles. The van der Waals surface area contributed by atoms with Crippen LogP contribution in [0, 0.1) is 13.8 Å². The zero-order valence-corrected chi connectivity index (χ0v) is 15.1. The van der Waals surface area contributed by atoms with E-state index in [-0.39, 0.29) is 11.9 Å². The highest BCUT2D eigenvalue weighted by molar-refractivity contribution is 5.85. The van der Waals surface area contributed by atoms with Crippen molar-refractivity contribution in [3.05, 3.63) is 34.9 Å². The van der Waals surface area contributed by atoms with Gasteiger partial charge in [-0.3, -0.25) is 9.69 Å². The van der Waals surface area contributed by atoms with Crippen molar-refractivity contribution in [1.29, 1.82) is 0 Å². The molecule has 2 atom stereocenters. The molecule has 0 aromatic heterocycles. The average molecular weight is 317 g/mol. The van der Waals surface area contributed by atoms with E-state index in [9.17, 15) is 4.79 Å². The molecule has 1 aromatic rings. The maximum absolute atomic E-state index is 12.2. The van der Waals surface area contributed by atoms with Crippen LogP contribution in [0.2, 0.25) is 0 Å². The summed E-state index contributed by atoms with van der Waals surface area (Å²) in [6, 6.07) is 7.08. The Bertz CT molecular complexity index is 549. The molecule has 1 aliphatic heterocycles. The van der Waals surface area contributed by atoms with Gasteiger partial charge in [0.05, 0.1) is 0 Å². The summed E-state index contributed by atoms with van der Waals surface area (Å²) in [6.07, 6.45) is 1.51. The average Bonchev–Trinajstić information content (AvgIpc) is 2.47. The summed E-state index contributed by atoms with van der Waals surface area (Å²) in [7, 11) is 0. The van der Waals surface area contributed by atoms with Crippen LogP contribution < -0.4 is 11.1 Å². The second-order valence-electron chi connectivity index (χ2n) is 7.08. The molecule has 2 unspecified atom stereocenters. The normalized spacial score (nSPS) is 25.7. The second-order valence-corrected chi connectivity index (χ2v) is 7.08. The number of hydrogen-bond acceptors (Lipinski definition) is 3. The van der Waals surface area contributed by atoms with Crippen molar-refractivity contribution < 1.29 is 4.79 Å². The van der Waals surface area contributed by atoms with Crippen molar-refractivity contribution in [2.45, 2.75) is 65.1 Å².